The van der Waals surface area contributed by atoms with Gasteiger partial charge >= 0.3 is 0 Å². The number of hydrogen-bond donors (Lipinski definition) is 2. The first-order valence-corrected chi connectivity index (χ1v) is 7.96. The molecular weight excluding hydrogens is 254 g/mol. The molecule has 5 heteroatoms. The summed E-state index contributed by atoms with van der Waals surface area (Å²) in [5.74, 6) is 1.61. The van der Waals surface area contributed by atoms with Crippen molar-refractivity contribution in [1.82, 2.24) is 15.5 Å². The first-order chi connectivity index (χ1) is 9.70. The van der Waals surface area contributed by atoms with E-state index < -0.39 is 0 Å². The summed E-state index contributed by atoms with van der Waals surface area (Å²) in [7, 11) is 0. The van der Waals surface area contributed by atoms with E-state index in [9.17, 15) is 9.59 Å². The molecule has 0 aromatic rings. The Bertz CT molecular complexity index is 332. The molecule has 0 radical (unpaired) electrons. The van der Waals surface area contributed by atoms with Gasteiger partial charge in [-0.25, -0.2) is 0 Å². The largest absolute Gasteiger partial charge is 0.356 e. The Hall–Kier alpha value is -1.10. The summed E-state index contributed by atoms with van der Waals surface area (Å²) < 4.78 is 0. The third-order valence-electron chi connectivity index (χ3n) is 4.51. The highest BCUT2D eigenvalue weighted by Crippen LogP contribution is 2.27. The van der Waals surface area contributed by atoms with Crippen LogP contribution < -0.4 is 10.6 Å². The van der Waals surface area contributed by atoms with Gasteiger partial charge in [-0.1, -0.05) is 6.92 Å². The molecule has 0 spiro atoms. The lowest BCUT2D eigenvalue weighted by molar-refractivity contribution is -0.133. The maximum atomic E-state index is 12.2. The van der Waals surface area contributed by atoms with Gasteiger partial charge in [0.15, 0.2) is 0 Å². The van der Waals surface area contributed by atoms with Gasteiger partial charge in [-0.05, 0) is 44.2 Å². The molecule has 20 heavy (non-hydrogen) atoms. The zero-order valence-electron chi connectivity index (χ0n) is 12.5. The SMILES string of the molecule is CCCNC(=O)CCC(=O)N1CC[C@@H]2CNC[C@@H]2CC1. The molecule has 0 aliphatic carbocycles. The fraction of sp³-hybridized carbons (Fsp3) is 0.867. The van der Waals surface area contributed by atoms with E-state index in [-0.39, 0.29) is 11.8 Å². The van der Waals surface area contributed by atoms with Crippen LogP contribution in [0.3, 0.4) is 0 Å². The van der Waals surface area contributed by atoms with E-state index in [2.05, 4.69) is 10.6 Å². The molecule has 2 atom stereocenters. The molecule has 0 unspecified atom stereocenters. The first kappa shape index (κ1) is 15.3. The van der Waals surface area contributed by atoms with Crippen molar-refractivity contribution in [2.45, 2.75) is 39.0 Å². The lowest BCUT2D eigenvalue weighted by atomic mass is 9.92. The Labute approximate surface area is 121 Å². The minimum Gasteiger partial charge on any atom is -0.356 e. The molecule has 2 heterocycles. The van der Waals surface area contributed by atoms with E-state index in [1.807, 2.05) is 11.8 Å². The molecule has 2 saturated heterocycles. The molecule has 5 nitrogen and oxygen atoms in total. The molecule has 0 bridgehead atoms. The second-order valence-electron chi connectivity index (χ2n) is 5.99. The number of rotatable bonds is 5. The highest BCUT2D eigenvalue weighted by molar-refractivity contribution is 5.83. The summed E-state index contributed by atoms with van der Waals surface area (Å²) in [4.78, 5) is 25.7. The van der Waals surface area contributed by atoms with Crippen LogP contribution in [0.2, 0.25) is 0 Å². The Kier molecular flexibility index (Phi) is 5.83. The molecule has 0 aromatic carbocycles. The highest BCUT2D eigenvalue weighted by atomic mass is 16.2. The van der Waals surface area contributed by atoms with Gasteiger partial charge in [-0.15, -0.1) is 0 Å². The average Bonchev–Trinajstić information content (AvgIpc) is 2.81. The van der Waals surface area contributed by atoms with Gasteiger partial charge in [0.2, 0.25) is 11.8 Å². The Balaban J connectivity index is 1.71. The van der Waals surface area contributed by atoms with E-state index in [0.717, 1.165) is 57.3 Å². The third-order valence-corrected chi connectivity index (χ3v) is 4.51. The van der Waals surface area contributed by atoms with E-state index in [1.54, 1.807) is 0 Å². The average molecular weight is 281 g/mol. The van der Waals surface area contributed by atoms with Crippen LogP contribution in [0.25, 0.3) is 0 Å². The standard InChI is InChI=1S/C15H27N3O2/c1-2-7-17-14(19)3-4-15(20)18-8-5-12-10-16-11-13(12)6-9-18/h12-13,16H,2-11H2,1H3,(H,17,19)/t12-,13+. The number of carbonyl (C=O) groups excluding carboxylic acids is 2. The third kappa shape index (κ3) is 4.20. The molecule has 0 saturated carbocycles. The van der Waals surface area contributed by atoms with Crippen LogP contribution in [0, 0.1) is 11.8 Å². The van der Waals surface area contributed by atoms with Crippen LogP contribution in [-0.2, 0) is 9.59 Å². The van der Waals surface area contributed by atoms with Crippen LogP contribution in [0.1, 0.15) is 39.0 Å². The van der Waals surface area contributed by atoms with Gasteiger partial charge < -0.3 is 15.5 Å². The van der Waals surface area contributed by atoms with Crippen molar-refractivity contribution >= 4 is 11.8 Å². The van der Waals surface area contributed by atoms with Crippen LogP contribution >= 0.6 is 0 Å². The fourth-order valence-corrected chi connectivity index (χ4v) is 3.20. The number of likely N-dealkylation sites (tertiary alicyclic amines) is 1. The predicted octanol–water partition coefficient (Wildman–Crippen LogP) is 0.751. The molecule has 2 amide bonds. The van der Waals surface area contributed by atoms with Crippen molar-refractivity contribution in [3.8, 4) is 0 Å². The Morgan fingerprint density at radius 1 is 1.15 bits per heavy atom. The van der Waals surface area contributed by atoms with Gasteiger partial charge in [0.25, 0.3) is 0 Å². The zero-order valence-corrected chi connectivity index (χ0v) is 12.5. The minimum absolute atomic E-state index is 0.00362. The molecule has 2 rings (SSSR count). The molecular formula is C15H27N3O2. The number of amides is 2. The quantitative estimate of drug-likeness (QED) is 0.782. The van der Waals surface area contributed by atoms with E-state index in [4.69, 9.17) is 0 Å². The number of nitrogens with one attached hydrogen (secondary N) is 2. The van der Waals surface area contributed by atoms with Crippen molar-refractivity contribution in [1.29, 1.82) is 0 Å². The van der Waals surface area contributed by atoms with E-state index in [1.165, 1.54) is 0 Å². The number of nitrogens with zero attached hydrogens (tertiary/aromatic N) is 1. The van der Waals surface area contributed by atoms with Gasteiger partial charge in [0, 0.05) is 32.5 Å². The van der Waals surface area contributed by atoms with Gasteiger partial charge in [0.05, 0.1) is 0 Å². The second-order valence-corrected chi connectivity index (χ2v) is 5.99. The number of fused-ring (bicyclic) bond motifs is 1. The molecule has 2 fully saturated rings. The lowest BCUT2D eigenvalue weighted by Crippen LogP contribution is -2.34. The Morgan fingerprint density at radius 3 is 2.40 bits per heavy atom. The van der Waals surface area contributed by atoms with Crippen molar-refractivity contribution < 1.29 is 9.59 Å². The Morgan fingerprint density at radius 2 is 1.80 bits per heavy atom. The van der Waals surface area contributed by atoms with Crippen LogP contribution in [-0.4, -0.2) is 49.4 Å². The summed E-state index contributed by atoms with van der Waals surface area (Å²) in [6, 6.07) is 0. The van der Waals surface area contributed by atoms with Gasteiger partial charge in [-0.2, -0.15) is 0 Å². The topological polar surface area (TPSA) is 61.4 Å². The second kappa shape index (κ2) is 7.62. The maximum Gasteiger partial charge on any atom is 0.223 e. The van der Waals surface area contributed by atoms with Crippen molar-refractivity contribution in [3.05, 3.63) is 0 Å². The normalized spacial score (nSPS) is 25.9. The lowest BCUT2D eigenvalue weighted by Gasteiger charge is -2.20. The summed E-state index contributed by atoms with van der Waals surface area (Å²) in [5, 5.41) is 6.26. The van der Waals surface area contributed by atoms with Crippen LogP contribution in [0.15, 0.2) is 0 Å². The molecule has 2 aliphatic rings. The van der Waals surface area contributed by atoms with Crippen molar-refractivity contribution in [2.24, 2.45) is 11.8 Å². The van der Waals surface area contributed by atoms with Crippen LogP contribution in [0.4, 0.5) is 0 Å². The zero-order chi connectivity index (χ0) is 14.4. The first-order valence-electron chi connectivity index (χ1n) is 7.96. The van der Waals surface area contributed by atoms with Gasteiger partial charge in [-0.3, -0.25) is 9.59 Å². The molecule has 2 N–H and O–H groups in total. The maximum absolute atomic E-state index is 12.2. The highest BCUT2D eigenvalue weighted by Gasteiger charge is 2.31. The monoisotopic (exact) mass is 281 g/mol. The number of hydrogen-bond acceptors (Lipinski definition) is 3. The molecule has 114 valence electrons. The van der Waals surface area contributed by atoms with Crippen molar-refractivity contribution in [2.75, 3.05) is 32.7 Å². The minimum atomic E-state index is -0.00362. The fourth-order valence-electron chi connectivity index (χ4n) is 3.20. The summed E-state index contributed by atoms with van der Waals surface area (Å²) in [5.41, 5.74) is 0. The van der Waals surface area contributed by atoms with E-state index >= 15 is 0 Å². The summed E-state index contributed by atoms with van der Waals surface area (Å²) in [6.07, 6.45) is 3.81. The summed E-state index contributed by atoms with van der Waals surface area (Å²) >= 11 is 0. The molecule has 0 aromatic heterocycles. The van der Waals surface area contributed by atoms with Gasteiger partial charge in [0.1, 0.15) is 0 Å². The van der Waals surface area contributed by atoms with Crippen molar-refractivity contribution in [3.63, 3.8) is 0 Å². The van der Waals surface area contributed by atoms with Crippen LogP contribution in [0.5, 0.6) is 0 Å². The smallest absolute Gasteiger partial charge is 0.223 e. The molecule has 2 aliphatic heterocycles. The predicted molar refractivity (Wildman–Crippen MR) is 78.2 cm³/mol. The van der Waals surface area contributed by atoms with E-state index in [0.29, 0.717) is 19.4 Å². The number of carbonyl (C=O) groups is 2. The summed E-state index contributed by atoms with van der Waals surface area (Å²) in [6.45, 7) is 6.65.